The van der Waals surface area contributed by atoms with Crippen LogP contribution >= 0.6 is 46.7 Å². The maximum atomic E-state index is 11.1. The first-order valence-electron chi connectivity index (χ1n) is 5.23. The zero-order valence-electron chi connectivity index (χ0n) is 10.5. The first-order chi connectivity index (χ1) is 9.02. The summed E-state index contributed by atoms with van der Waals surface area (Å²) in [4.78, 5) is 12.1. The fourth-order valence-corrected chi connectivity index (χ4v) is 4.43. The van der Waals surface area contributed by atoms with Crippen LogP contribution in [0.4, 0.5) is 0 Å². The smallest absolute Gasteiger partial charge is 0.316 e. The molecule has 0 unspecified atom stereocenters. The number of nitrogens with zero attached hydrogens (tertiary/aromatic N) is 3. The second-order valence-electron chi connectivity index (χ2n) is 3.58. The van der Waals surface area contributed by atoms with Gasteiger partial charge in [0, 0.05) is 12.7 Å². The molecular weight excluding hydrogens is 322 g/mol. The maximum absolute atomic E-state index is 11.1. The van der Waals surface area contributed by atoms with Gasteiger partial charge in [-0.1, -0.05) is 23.1 Å². The van der Waals surface area contributed by atoms with Crippen LogP contribution in [0.1, 0.15) is 5.69 Å². The Bertz CT molecular complexity index is 658. The summed E-state index contributed by atoms with van der Waals surface area (Å²) < 4.78 is 8.10. The van der Waals surface area contributed by atoms with E-state index in [4.69, 9.17) is 12.2 Å². The number of hydrogen-bond donors (Lipinski definition) is 0. The van der Waals surface area contributed by atoms with Crippen LogP contribution in [0.25, 0.3) is 9.88 Å². The average Bonchev–Trinajstić information content (AvgIpc) is 2.96. The molecule has 0 radical (unpaired) electrons. The van der Waals surface area contributed by atoms with E-state index in [0.29, 0.717) is 0 Å². The third-order valence-corrected chi connectivity index (χ3v) is 6.28. The molecule has 2 aromatic rings. The molecule has 9 heteroatoms. The Kier molecular flexibility index (Phi) is 4.71. The van der Waals surface area contributed by atoms with Gasteiger partial charge < -0.3 is 9.30 Å². The highest BCUT2D eigenvalue weighted by Crippen LogP contribution is 2.34. The van der Waals surface area contributed by atoms with Crippen molar-refractivity contribution >= 4 is 52.6 Å². The molecule has 0 aromatic carbocycles. The van der Waals surface area contributed by atoms with Gasteiger partial charge in [0.1, 0.15) is 0 Å². The van der Waals surface area contributed by atoms with Crippen LogP contribution in [0.3, 0.4) is 0 Å². The van der Waals surface area contributed by atoms with Crippen LogP contribution in [0.5, 0.6) is 0 Å². The topological polar surface area (TPSA) is 57.0 Å². The van der Waals surface area contributed by atoms with Crippen molar-refractivity contribution in [3.05, 3.63) is 9.65 Å². The van der Waals surface area contributed by atoms with Crippen LogP contribution in [-0.4, -0.2) is 33.6 Å². The highest BCUT2D eigenvalue weighted by Gasteiger charge is 2.14. The fourth-order valence-electron chi connectivity index (χ4n) is 1.26. The lowest BCUT2D eigenvalue weighted by atomic mass is 10.4. The molecule has 0 bridgehead atoms. The predicted molar refractivity (Wildman–Crippen MR) is 80.5 cm³/mol. The minimum absolute atomic E-state index is 0.245. The molecule has 0 amide bonds. The lowest BCUT2D eigenvalue weighted by Gasteiger charge is -1.95. The number of carbonyl (C=O) groups excluding carboxylic acids is 1. The van der Waals surface area contributed by atoms with Crippen LogP contribution in [0.2, 0.25) is 0 Å². The molecule has 0 atom stereocenters. The zero-order valence-corrected chi connectivity index (χ0v) is 13.8. The monoisotopic (exact) mass is 333 g/mol. The normalized spacial score (nSPS) is 10.7. The van der Waals surface area contributed by atoms with Gasteiger partial charge in [0.05, 0.1) is 17.7 Å². The van der Waals surface area contributed by atoms with E-state index in [0.717, 1.165) is 23.9 Å². The third-order valence-electron chi connectivity index (χ3n) is 2.44. The third kappa shape index (κ3) is 3.22. The van der Waals surface area contributed by atoms with E-state index in [9.17, 15) is 4.79 Å². The van der Waals surface area contributed by atoms with Crippen molar-refractivity contribution in [2.24, 2.45) is 7.05 Å². The van der Waals surface area contributed by atoms with E-state index in [1.165, 1.54) is 41.5 Å². The van der Waals surface area contributed by atoms with Crippen molar-refractivity contribution in [2.45, 2.75) is 11.3 Å². The van der Waals surface area contributed by atoms with Crippen LogP contribution in [-0.2, 0) is 16.6 Å². The number of carbonyl (C=O) groups is 1. The first-order valence-corrected chi connectivity index (χ1v) is 8.25. The number of hydrogen-bond acceptors (Lipinski definition) is 8. The van der Waals surface area contributed by atoms with E-state index < -0.39 is 0 Å². The van der Waals surface area contributed by atoms with Crippen molar-refractivity contribution in [3.8, 4) is 9.88 Å². The summed E-state index contributed by atoms with van der Waals surface area (Å²) in [7, 11) is 3.31. The zero-order chi connectivity index (χ0) is 14.0. The number of ether oxygens (including phenoxy) is 1. The highest BCUT2D eigenvalue weighted by atomic mass is 32.2. The van der Waals surface area contributed by atoms with Crippen molar-refractivity contribution in [1.29, 1.82) is 0 Å². The predicted octanol–water partition coefficient (Wildman–Crippen LogP) is 2.91. The van der Waals surface area contributed by atoms with Gasteiger partial charge >= 0.3 is 5.97 Å². The number of thioether (sulfide) groups is 1. The molecule has 5 nitrogen and oxygen atoms in total. The molecular formula is C10H11N3O2S4. The van der Waals surface area contributed by atoms with Crippen molar-refractivity contribution < 1.29 is 9.53 Å². The lowest BCUT2D eigenvalue weighted by molar-refractivity contribution is -0.137. The van der Waals surface area contributed by atoms with E-state index in [1.54, 1.807) is 0 Å². The molecule has 0 aliphatic heterocycles. The molecule has 2 rings (SSSR count). The summed E-state index contributed by atoms with van der Waals surface area (Å²) in [5.74, 6) is -0.0254. The number of esters is 1. The molecule has 2 aromatic heterocycles. The summed E-state index contributed by atoms with van der Waals surface area (Å²) >= 11 is 9.55. The summed E-state index contributed by atoms with van der Waals surface area (Å²) in [6, 6.07) is 0. The summed E-state index contributed by atoms with van der Waals surface area (Å²) in [6.45, 7) is 2.00. The Morgan fingerprint density at radius 3 is 2.79 bits per heavy atom. The Morgan fingerprint density at radius 2 is 2.21 bits per heavy atom. The van der Waals surface area contributed by atoms with Gasteiger partial charge in [-0.2, -0.15) is 0 Å². The Hall–Kier alpha value is -0.770. The van der Waals surface area contributed by atoms with Crippen LogP contribution in [0, 0.1) is 10.9 Å². The molecule has 0 saturated heterocycles. The van der Waals surface area contributed by atoms with Gasteiger partial charge in [0.25, 0.3) is 0 Å². The summed E-state index contributed by atoms with van der Waals surface area (Å²) in [5, 5.41) is 9.05. The highest BCUT2D eigenvalue weighted by molar-refractivity contribution is 8.01. The van der Waals surface area contributed by atoms with Gasteiger partial charge in [-0.15, -0.1) is 21.5 Å². The molecule has 0 aliphatic rings. The van der Waals surface area contributed by atoms with E-state index >= 15 is 0 Å². The van der Waals surface area contributed by atoms with Gasteiger partial charge in [0.2, 0.25) is 0 Å². The largest absolute Gasteiger partial charge is 0.468 e. The van der Waals surface area contributed by atoms with Gasteiger partial charge in [-0.25, -0.2) is 0 Å². The fraction of sp³-hybridized carbons (Fsp3) is 0.400. The molecule has 0 saturated carbocycles. The average molecular weight is 333 g/mol. The van der Waals surface area contributed by atoms with Crippen LogP contribution in [0.15, 0.2) is 4.34 Å². The van der Waals surface area contributed by atoms with Gasteiger partial charge in [-0.3, -0.25) is 4.79 Å². The second kappa shape index (κ2) is 6.12. The molecule has 2 heterocycles. The molecule has 0 N–H and O–H groups in total. The second-order valence-corrected chi connectivity index (χ2v) is 7.42. The minimum Gasteiger partial charge on any atom is -0.468 e. The van der Waals surface area contributed by atoms with E-state index in [-0.39, 0.29) is 11.7 Å². The Balaban J connectivity index is 2.19. The maximum Gasteiger partial charge on any atom is 0.316 e. The summed E-state index contributed by atoms with van der Waals surface area (Å²) in [5.41, 5.74) is 1.08. The standard InChI is InChI=1S/C10H11N3O2S4/c1-5-7(18-10(16)13(5)2)8-11-12-9(19-8)17-4-6(14)15-3/h4H2,1-3H3. The van der Waals surface area contributed by atoms with Gasteiger partial charge in [-0.05, 0) is 19.1 Å². The number of rotatable bonds is 4. The Morgan fingerprint density at radius 1 is 1.47 bits per heavy atom. The molecule has 0 spiro atoms. The van der Waals surface area contributed by atoms with Crippen molar-refractivity contribution in [3.63, 3.8) is 0 Å². The SMILES string of the molecule is COC(=O)CSc1nnc(-c2sc(=S)n(C)c2C)s1. The molecule has 0 fully saturated rings. The quantitative estimate of drug-likeness (QED) is 0.487. The molecule has 0 aliphatic carbocycles. The van der Waals surface area contributed by atoms with Crippen molar-refractivity contribution in [2.75, 3.05) is 12.9 Å². The number of methoxy groups -OCH3 is 1. The van der Waals surface area contributed by atoms with E-state index in [2.05, 4.69) is 14.9 Å². The van der Waals surface area contributed by atoms with Crippen molar-refractivity contribution in [1.82, 2.24) is 14.8 Å². The molecule has 19 heavy (non-hydrogen) atoms. The van der Waals surface area contributed by atoms with Gasteiger partial charge in [0.15, 0.2) is 13.3 Å². The minimum atomic E-state index is -0.270. The lowest BCUT2D eigenvalue weighted by Crippen LogP contribution is -2.02. The number of thiazole rings is 1. The van der Waals surface area contributed by atoms with E-state index in [1.807, 2.05) is 18.5 Å². The molecule has 102 valence electrons. The summed E-state index contributed by atoms with van der Waals surface area (Å²) in [6.07, 6.45) is 0. The van der Waals surface area contributed by atoms with Crippen LogP contribution < -0.4 is 0 Å². The Labute approximate surface area is 127 Å². The first kappa shape index (κ1) is 14.6. The number of aromatic nitrogens is 3.